The van der Waals surface area contributed by atoms with Crippen molar-refractivity contribution in [2.75, 3.05) is 23.2 Å². The lowest BCUT2D eigenvalue weighted by Gasteiger charge is -2.23. The number of nitrogens with zero attached hydrogens (tertiary/aromatic N) is 1. The molecule has 1 aromatic carbocycles. The van der Waals surface area contributed by atoms with Crippen molar-refractivity contribution in [3.63, 3.8) is 0 Å². The molecule has 0 bridgehead atoms. The molecule has 2 atom stereocenters. The summed E-state index contributed by atoms with van der Waals surface area (Å²) in [7, 11) is -3.00. The van der Waals surface area contributed by atoms with Crippen molar-refractivity contribution in [1.82, 2.24) is 5.32 Å². The molecule has 20 heavy (non-hydrogen) atoms. The Hall–Kier alpha value is -1.54. The van der Waals surface area contributed by atoms with Gasteiger partial charge in [-0.15, -0.1) is 0 Å². The van der Waals surface area contributed by atoms with Crippen LogP contribution in [0, 0.1) is 0 Å². The maximum atomic E-state index is 11.8. The van der Waals surface area contributed by atoms with Crippen LogP contribution in [-0.2, 0) is 9.84 Å². The number of hydrogen-bond donors (Lipinski definition) is 1. The minimum Gasteiger partial charge on any atom is -0.454 e. The van der Waals surface area contributed by atoms with Gasteiger partial charge in [0.25, 0.3) is 0 Å². The number of sulfone groups is 1. The second-order valence-corrected chi connectivity index (χ2v) is 7.65. The number of rotatable bonds is 1. The van der Waals surface area contributed by atoms with Crippen LogP contribution in [0.3, 0.4) is 0 Å². The van der Waals surface area contributed by atoms with E-state index in [2.05, 4.69) is 5.32 Å². The van der Waals surface area contributed by atoms with E-state index < -0.39 is 9.84 Å². The fourth-order valence-corrected chi connectivity index (χ4v) is 5.23. The average molecular weight is 312 g/mol. The predicted octanol–water partition coefficient (Wildman–Crippen LogP) is 0.275. The molecule has 1 aromatic rings. The molecular weight excluding hydrogens is 300 g/mol. The Morgan fingerprint density at radius 3 is 2.90 bits per heavy atom. The fraction of sp³-hybridized carbons (Fsp3) is 0.417. The molecule has 0 unspecified atom stereocenters. The highest BCUT2D eigenvalue weighted by molar-refractivity contribution is 7.91. The minimum atomic E-state index is -3.00. The van der Waals surface area contributed by atoms with Gasteiger partial charge in [-0.1, -0.05) is 0 Å². The lowest BCUT2D eigenvalue weighted by molar-refractivity contribution is 0.174. The Balaban J connectivity index is 1.72. The molecule has 0 amide bonds. The largest absolute Gasteiger partial charge is 0.454 e. The van der Waals surface area contributed by atoms with Crippen LogP contribution < -0.4 is 19.7 Å². The van der Waals surface area contributed by atoms with Gasteiger partial charge in [-0.2, -0.15) is 0 Å². The molecule has 0 aliphatic carbocycles. The third-order valence-electron chi connectivity index (χ3n) is 3.82. The van der Waals surface area contributed by atoms with E-state index in [1.807, 2.05) is 23.1 Å². The maximum Gasteiger partial charge on any atom is 0.231 e. The summed E-state index contributed by atoms with van der Waals surface area (Å²) in [5, 5.41) is 3.66. The van der Waals surface area contributed by atoms with E-state index in [-0.39, 0.29) is 30.4 Å². The van der Waals surface area contributed by atoms with Gasteiger partial charge >= 0.3 is 0 Å². The van der Waals surface area contributed by atoms with Gasteiger partial charge in [-0.25, -0.2) is 8.42 Å². The molecule has 0 aromatic heterocycles. The van der Waals surface area contributed by atoms with Gasteiger partial charge in [-0.05, 0) is 24.4 Å². The third kappa shape index (κ3) is 1.75. The minimum absolute atomic E-state index is 0.124. The van der Waals surface area contributed by atoms with Gasteiger partial charge in [0.1, 0.15) is 0 Å². The highest BCUT2D eigenvalue weighted by Gasteiger charge is 2.47. The monoisotopic (exact) mass is 312 g/mol. The van der Waals surface area contributed by atoms with Crippen LogP contribution in [0.5, 0.6) is 11.5 Å². The van der Waals surface area contributed by atoms with Gasteiger partial charge in [0.05, 0.1) is 23.6 Å². The molecule has 0 saturated carbocycles. The van der Waals surface area contributed by atoms with E-state index in [0.29, 0.717) is 16.6 Å². The molecule has 8 heteroatoms. The first-order valence-corrected chi connectivity index (χ1v) is 8.46. The van der Waals surface area contributed by atoms with Crippen molar-refractivity contribution in [2.24, 2.45) is 0 Å². The average Bonchev–Trinajstić information content (AvgIpc) is 3.00. The van der Waals surface area contributed by atoms with Gasteiger partial charge in [0.15, 0.2) is 26.4 Å². The van der Waals surface area contributed by atoms with E-state index in [1.165, 1.54) is 0 Å². The Kier molecular flexibility index (Phi) is 2.43. The molecule has 3 heterocycles. The van der Waals surface area contributed by atoms with E-state index in [4.69, 9.17) is 21.7 Å². The molecule has 3 aliphatic heterocycles. The highest BCUT2D eigenvalue weighted by Crippen LogP contribution is 2.38. The van der Waals surface area contributed by atoms with Crippen molar-refractivity contribution in [1.29, 1.82) is 0 Å². The summed E-state index contributed by atoms with van der Waals surface area (Å²) in [6.07, 6.45) is 0. The van der Waals surface area contributed by atoms with Gasteiger partial charge in [0, 0.05) is 11.8 Å². The number of ether oxygens (including phenoxy) is 2. The van der Waals surface area contributed by atoms with Crippen LogP contribution in [-0.4, -0.2) is 43.9 Å². The van der Waals surface area contributed by atoms with Crippen LogP contribution >= 0.6 is 12.2 Å². The topological polar surface area (TPSA) is 67.9 Å². The first kappa shape index (κ1) is 12.2. The summed E-state index contributed by atoms with van der Waals surface area (Å²) >= 11 is 5.33. The standard InChI is InChI=1S/C12H12N2O4S2/c15-20(16)4-8-9(5-20)14(12(19)13-8)7-1-2-10-11(3-7)18-6-17-10/h1-3,8-9H,4-6H2,(H,13,19)/t8-,9-/m0/s1. The molecule has 2 fully saturated rings. The summed E-state index contributed by atoms with van der Waals surface area (Å²) in [5.41, 5.74) is 0.830. The SMILES string of the molecule is O=S1(=O)C[C@@H]2NC(=S)N(c3ccc4c(c3)OCO4)[C@H]2C1. The van der Waals surface area contributed by atoms with Gasteiger partial charge in [-0.3, -0.25) is 0 Å². The van der Waals surface area contributed by atoms with Crippen molar-refractivity contribution >= 4 is 32.9 Å². The zero-order chi connectivity index (χ0) is 13.9. The molecule has 0 spiro atoms. The zero-order valence-electron chi connectivity index (χ0n) is 10.4. The molecule has 0 radical (unpaired) electrons. The summed E-state index contributed by atoms with van der Waals surface area (Å²) in [5.74, 6) is 1.62. The smallest absolute Gasteiger partial charge is 0.231 e. The molecule has 2 saturated heterocycles. The van der Waals surface area contributed by atoms with Crippen molar-refractivity contribution in [3.8, 4) is 11.5 Å². The van der Waals surface area contributed by atoms with Gasteiger partial charge in [0.2, 0.25) is 6.79 Å². The summed E-state index contributed by atoms with van der Waals surface area (Å²) in [4.78, 5) is 1.87. The molecule has 3 aliphatic rings. The third-order valence-corrected chi connectivity index (χ3v) is 5.85. The lowest BCUT2D eigenvalue weighted by Crippen LogP contribution is -2.36. The van der Waals surface area contributed by atoms with Crippen molar-refractivity contribution in [3.05, 3.63) is 18.2 Å². The van der Waals surface area contributed by atoms with E-state index in [9.17, 15) is 8.42 Å². The van der Waals surface area contributed by atoms with Crippen LogP contribution in [0.2, 0.25) is 0 Å². The van der Waals surface area contributed by atoms with Gasteiger partial charge < -0.3 is 19.7 Å². The number of benzene rings is 1. The van der Waals surface area contributed by atoms with E-state index in [1.54, 1.807) is 0 Å². The van der Waals surface area contributed by atoms with Crippen LogP contribution in [0.25, 0.3) is 0 Å². The highest BCUT2D eigenvalue weighted by atomic mass is 32.2. The molecular formula is C12H12N2O4S2. The number of hydrogen-bond acceptors (Lipinski definition) is 5. The first-order valence-electron chi connectivity index (χ1n) is 6.23. The second-order valence-electron chi connectivity index (χ2n) is 5.11. The second kappa shape index (κ2) is 3.98. The number of nitrogens with one attached hydrogen (secondary N) is 1. The molecule has 106 valence electrons. The predicted molar refractivity (Wildman–Crippen MR) is 77.0 cm³/mol. The van der Waals surface area contributed by atoms with Crippen molar-refractivity contribution in [2.45, 2.75) is 12.1 Å². The molecule has 4 rings (SSSR count). The number of thiocarbonyl (C=S) groups is 1. The number of fused-ring (bicyclic) bond motifs is 2. The summed E-state index contributed by atoms with van der Waals surface area (Å²) in [6, 6.07) is 5.25. The Bertz CT molecular complexity index is 703. The van der Waals surface area contributed by atoms with E-state index in [0.717, 1.165) is 5.69 Å². The quantitative estimate of drug-likeness (QED) is 0.747. The number of anilines is 1. The lowest BCUT2D eigenvalue weighted by atomic mass is 10.1. The Labute approximate surface area is 121 Å². The first-order chi connectivity index (χ1) is 9.53. The van der Waals surface area contributed by atoms with Crippen LogP contribution in [0.4, 0.5) is 5.69 Å². The maximum absolute atomic E-state index is 11.8. The zero-order valence-corrected chi connectivity index (χ0v) is 12.0. The molecule has 1 N–H and O–H groups in total. The van der Waals surface area contributed by atoms with Crippen molar-refractivity contribution < 1.29 is 17.9 Å². The Morgan fingerprint density at radius 1 is 1.25 bits per heavy atom. The van der Waals surface area contributed by atoms with E-state index >= 15 is 0 Å². The van der Waals surface area contributed by atoms with Crippen LogP contribution in [0.1, 0.15) is 0 Å². The van der Waals surface area contributed by atoms with Crippen LogP contribution in [0.15, 0.2) is 18.2 Å². The summed E-state index contributed by atoms with van der Waals surface area (Å²) < 4.78 is 34.2. The fourth-order valence-electron chi connectivity index (χ4n) is 2.94. The summed E-state index contributed by atoms with van der Waals surface area (Å²) in [6.45, 7) is 0.210. The molecule has 6 nitrogen and oxygen atoms in total. The Morgan fingerprint density at radius 2 is 2.05 bits per heavy atom. The normalized spacial score (nSPS) is 29.4.